The highest BCUT2D eigenvalue weighted by atomic mass is 15.1. The molecule has 2 unspecified atom stereocenters. The van der Waals surface area contributed by atoms with Crippen molar-refractivity contribution in [1.29, 1.82) is 0 Å². The Morgan fingerprint density at radius 2 is 0.846 bits per heavy atom. The molecule has 2 aliphatic rings. The molecular weight excluding hydrogens is 783 g/mol. The second-order valence-electron chi connectivity index (χ2n) is 20.6. The van der Waals surface area contributed by atoms with Crippen molar-refractivity contribution in [1.82, 2.24) is 0 Å². The van der Waals surface area contributed by atoms with Crippen LogP contribution in [0.2, 0.25) is 0 Å². The first kappa shape index (κ1) is 43.2. The van der Waals surface area contributed by atoms with E-state index >= 15 is 0 Å². The summed E-state index contributed by atoms with van der Waals surface area (Å²) in [5.41, 5.74) is 13.7. The lowest BCUT2D eigenvalue weighted by molar-refractivity contribution is 0.443. The van der Waals surface area contributed by atoms with Gasteiger partial charge >= 0.3 is 0 Å². The van der Waals surface area contributed by atoms with E-state index in [4.69, 9.17) is 0 Å². The number of hydrogen-bond acceptors (Lipinski definition) is 1. The summed E-state index contributed by atoms with van der Waals surface area (Å²) in [5, 5.41) is 7.90. The standard InChI is InChI=1S/C64H69N/c1-43(2)47-28-30-53(31-29-47)60(40-46-24-26-51(27-25-46)49-16-8-6-9-17-49)45(5)61-41-62-58-22-14-15-23-59(58)64(42-63(62)57-21-13-12-20-56(57)61)65(54-36-32-48(33-37-54)44(3)4)55-38-34-52(35-39-55)50-18-10-7-11-19-50/h12-15,20-39,41-45,49-50,60H,6-11,16-19,40H2,1-5H3. The summed E-state index contributed by atoms with van der Waals surface area (Å²) in [6, 6.07) is 61.9. The van der Waals surface area contributed by atoms with E-state index in [2.05, 4.69) is 197 Å². The SMILES string of the molecule is CC(C)c1ccc(C(Cc2ccc(C3CCCCC3)cc2)C(C)c2cc3c4ccccc4c(N(c4ccc(C(C)C)cc4)c4ccc(C5CCCCC5)cc4)cc3c3ccccc23)cc1. The van der Waals surface area contributed by atoms with Gasteiger partial charge in [-0.3, -0.25) is 0 Å². The van der Waals surface area contributed by atoms with Crippen LogP contribution in [-0.4, -0.2) is 0 Å². The first-order chi connectivity index (χ1) is 31.8. The molecule has 2 saturated carbocycles. The van der Waals surface area contributed by atoms with Crippen molar-refractivity contribution in [2.24, 2.45) is 0 Å². The van der Waals surface area contributed by atoms with Crippen LogP contribution in [0.25, 0.3) is 32.3 Å². The maximum Gasteiger partial charge on any atom is 0.0546 e. The van der Waals surface area contributed by atoms with E-state index in [9.17, 15) is 0 Å². The van der Waals surface area contributed by atoms with Crippen LogP contribution in [0, 0.1) is 0 Å². The monoisotopic (exact) mass is 852 g/mol. The van der Waals surface area contributed by atoms with Crippen LogP contribution in [0.15, 0.2) is 158 Å². The molecule has 8 aromatic carbocycles. The maximum atomic E-state index is 2.58. The van der Waals surface area contributed by atoms with Gasteiger partial charge in [-0.15, -0.1) is 0 Å². The van der Waals surface area contributed by atoms with Gasteiger partial charge in [0.05, 0.1) is 5.69 Å². The third-order valence-corrected chi connectivity index (χ3v) is 15.8. The molecule has 330 valence electrons. The summed E-state index contributed by atoms with van der Waals surface area (Å²) in [4.78, 5) is 2.53. The van der Waals surface area contributed by atoms with Crippen LogP contribution in [0.3, 0.4) is 0 Å². The van der Waals surface area contributed by atoms with Crippen molar-refractivity contribution in [2.45, 2.75) is 141 Å². The normalized spacial score (nSPS) is 16.2. The Kier molecular flexibility index (Phi) is 12.7. The zero-order valence-corrected chi connectivity index (χ0v) is 39.7. The molecule has 0 amide bonds. The second kappa shape index (κ2) is 19.1. The maximum absolute atomic E-state index is 2.58. The zero-order valence-electron chi connectivity index (χ0n) is 39.7. The number of anilines is 3. The fourth-order valence-electron chi connectivity index (χ4n) is 11.8. The van der Waals surface area contributed by atoms with Crippen molar-refractivity contribution in [3.63, 3.8) is 0 Å². The molecule has 65 heavy (non-hydrogen) atoms. The molecule has 0 saturated heterocycles. The minimum atomic E-state index is 0.268. The van der Waals surface area contributed by atoms with E-state index in [1.807, 2.05) is 0 Å². The predicted octanol–water partition coefficient (Wildman–Crippen LogP) is 19.1. The van der Waals surface area contributed by atoms with Gasteiger partial charge in [0.25, 0.3) is 0 Å². The average Bonchev–Trinajstić information content (AvgIpc) is 3.36. The van der Waals surface area contributed by atoms with Gasteiger partial charge in [0.2, 0.25) is 0 Å². The van der Waals surface area contributed by atoms with Crippen LogP contribution in [-0.2, 0) is 6.42 Å². The van der Waals surface area contributed by atoms with Gasteiger partial charge in [-0.2, -0.15) is 0 Å². The summed E-state index contributed by atoms with van der Waals surface area (Å²) in [7, 11) is 0. The van der Waals surface area contributed by atoms with E-state index < -0.39 is 0 Å². The minimum Gasteiger partial charge on any atom is -0.310 e. The third-order valence-electron chi connectivity index (χ3n) is 15.8. The van der Waals surface area contributed by atoms with Gasteiger partial charge in [-0.25, -0.2) is 0 Å². The van der Waals surface area contributed by atoms with Crippen molar-refractivity contribution < 1.29 is 0 Å². The van der Waals surface area contributed by atoms with Crippen LogP contribution in [0.5, 0.6) is 0 Å². The first-order valence-corrected chi connectivity index (χ1v) is 25.4. The quantitative estimate of drug-likeness (QED) is 0.111. The van der Waals surface area contributed by atoms with Crippen LogP contribution >= 0.6 is 0 Å². The van der Waals surface area contributed by atoms with Crippen molar-refractivity contribution in [2.75, 3.05) is 4.90 Å². The van der Waals surface area contributed by atoms with Crippen LogP contribution in [0.4, 0.5) is 17.1 Å². The van der Waals surface area contributed by atoms with E-state index in [0.717, 1.165) is 12.3 Å². The van der Waals surface area contributed by atoms with Crippen LogP contribution in [0.1, 0.15) is 173 Å². The van der Waals surface area contributed by atoms with Gasteiger partial charge in [-0.1, -0.05) is 194 Å². The summed E-state index contributed by atoms with van der Waals surface area (Å²) in [5.74, 6) is 2.95. The topological polar surface area (TPSA) is 3.24 Å². The molecule has 0 aliphatic heterocycles. The molecule has 0 spiro atoms. The lowest BCUT2D eigenvalue weighted by Crippen LogP contribution is -2.13. The van der Waals surface area contributed by atoms with Crippen molar-refractivity contribution in [3.8, 4) is 0 Å². The lowest BCUT2D eigenvalue weighted by Gasteiger charge is -2.30. The van der Waals surface area contributed by atoms with Crippen molar-refractivity contribution >= 4 is 49.4 Å². The number of hydrogen-bond donors (Lipinski definition) is 0. The number of benzene rings is 8. The predicted molar refractivity (Wildman–Crippen MR) is 281 cm³/mol. The van der Waals surface area contributed by atoms with E-state index in [-0.39, 0.29) is 5.92 Å². The summed E-state index contributed by atoms with van der Waals surface area (Å²) < 4.78 is 0. The molecule has 0 N–H and O–H groups in total. The molecule has 1 heteroatoms. The van der Waals surface area contributed by atoms with Gasteiger partial charge < -0.3 is 4.90 Å². The van der Waals surface area contributed by atoms with Gasteiger partial charge in [0.1, 0.15) is 0 Å². The highest BCUT2D eigenvalue weighted by Crippen LogP contribution is 2.47. The lowest BCUT2D eigenvalue weighted by atomic mass is 9.76. The molecule has 2 aliphatic carbocycles. The Balaban J connectivity index is 1.11. The minimum absolute atomic E-state index is 0.268. The Morgan fingerprint density at radius 1 is 0.415 bits per heavy atom. The largest absolute Gasteiger partial charge is 0.310 e. The molecule has 0 bridgehead atoms. The Labute approximate surface area is 389 Å². The molecule has 2 atom stereocenters. The van der Waals surface area contributed by atoms with E-state index in [0.29, 0.717) is 23.7 Å². The number of nitrogens with zero attached hydrogens (tertiary/aromatic N) is 1. The van der Waals surface area contributed by atoms with Crippen molar-refractivity contribution in [3.05, 3.63) is 197 Å². The summed E-state index contributed by atoms with van der Waals surface area (Å²) in [6.45, 7) is 11.7. The Hall–Kier alpha value is -5.66. The molecule has 0 aromatic heterocycles. The first-order valence-electron chi connectivity index (χ1n) is 25.4. The molecule has 8 aromatic rings. The zero-order chi connectivity index (χ0) is 44.4. The van der Waals surface area contributed by atoms with Gasteiger partial charge in [0.15, 0.2) is 0 Å². The van der Waals surface area contributed by atoms with Gasteiger partial charge in [-0.05, 0) is 170 Å². The molecule has 0 heterocycles. The average molecular weight is 852 g/mol. The summed E-state index contributed by atoms with van der Waals surface area (Å²) >= 11 is 0. The smallest absolute Gasteiger partial charge is 0.0546 e. The van der Waals surface area contributed by atoms with E-state index in [1.165, 1.54) is 153 Å². The molecule has 2 fully saturated rings. The fraction of sp³-hybridized carbons (Fsp3) is 0.344. The fourth-order valence-corrected chi connectivity index (χ4v) is 11.8. The highest BCUT2D eigenvalue weighted by Gasteiger charge is 2.27. The highest BCUT2D eigenvalue weighted by molar-refractivity contribution is 6.22. The molecule has 0 radical (unpaired) electrons. The summed E-state index contributed by atoms with van der Waals surface area (Å²) in [6.07, 6.45) is 14.5. The molecular formula is C64H69N. The second-order valence-corrected chi connectivity index (χ2v) is 20.6. The third kappa shape index (κ3) is 8.89. The van der Waals surface area contributed by atoms with E-state index in [1.54, 1.807) is 0 Å². The number of fused-ring (bicyclic) bond motifs is 5. The number of rotatable bonds is 12. The Bertz CT molecular complexity index is 2850. The Morgan fingerprint density at radius 3 is 1.38 bits per heavy atom. The molecule has 1 nitrogen and oxygen atoms in total. The molecule has 10 rings (SSSR count). The van der Waals surface area contributed by atoms with Gasteiger partial charge in [0, 0.05) is 16.8 Å². The van der Waals surface area contributed by atoms with Crippen LogP contribution < -0.4 is 4.90 Å².